The highest BCUT2D eigenvalue weighted by Crippen LogP contribution is 2.41. The van der Waals surface area contributed by atoms with Gasteiger partial charge in [0.25, 0.3) is 0 Å². The predicted molar refractivity (Wildman–Crippen MR) is 123 cm³/mol. The van der Waals surface area contributed by atoms with Gasteiger partial charge in [-0.2, -0.15) is 0 Å². The number of hydrogen-bond acceptors (Lipinski definition) is 1. The van der Waals surface area contributed by atoms with Crippen molar-refractivity contribution in [3.8, 4) is 0 Å². The van der Waals surface area contributed by atoms with Crippen LogP contribution in [0.1, 0.15) is 36.4 Å². The minimum absolute atomic E-state index is 0.0853. The standard InChI is InChI=1S/C21H16Cl4N2S/c22-13-5-4-11(17(24)9-13)8-12-2-1-3-16-19(12)26-21(28)27-20(16)15-7-6-14(23)10-18(15)25/h4-10,20H,1-3H2,(H2,26,27,28). The topological polar surface area (TPSA) is 24.1 Å². The summed E-state index contributed by atoms with van der Waals surface area (Å²) in [6.45, 7) is 0. The van der Waals surface area contributed by atoms with E-state index < -0.39 is 0 Å². The van der Waals surface area contributed by atoms with Crippen LogP contribution in [0.2, 0.25) is 20.1 Å². The van der Waals surface area contributed by atoms with Crippen LogP contribution in [-0.2, 0) is 0 Å². The van der Waals surface area contributed by atoms with Gasteiger partial charge in [0.1, 0.15) is 0 Å². The van der Waals surface area contributed by atoms with Crippen molar-refractivity contribution < 1.29 is 0 Å². The van der Waals surface area contributed by atoms with Crippen molar-refractivity contribution in [1.82, 2.24) is 10.6 Å². The molecule has 4 rings (SSSR count). The molecule has 0 amide bonds. The smallest absolute Gasteiger partial charge is 0.171 e. The van der Waals surface area contributed by atoms with Gasteiger partial charge in [-0.15, -0.1) is 0 Å². The molecule has 1 aliphatic heterocycles. The number of halogens is 4. The Morgan fingerprint density at radius 2 is 1.64 bits per heavy atom. The first-order chi connectivity index (χ1) is 13.4. The number of allylic oxidation sites excluding steroid dienone is 1. The third-order valence-corrected chi connectivity index (χ3v) is 6.31. The molecule has 2 N–H and O–H groups in total. The first-order valence-electron chi connectivity index (χ1n) is 8.84. The highest BCUT2D eigenvalue weighted by molar-refractivity contribution is 7.80. The van der Waals surface area contributed by atoms with E-state index in [0.717, 1.165) is 36.1 Å². The Balaban J connectivity index is 1.80. The van der Waals surface area contributed by atoms with E-state index in [1.165, 1.54) is 11.1 Å². The van der Waals surface area contributed by atoms with Crippen LogP contribution in [-0.4, -0.2) is 5.11 Å². The lowest BCUT2D eigenvalue weighted by molar-refractivity contribution is 0.609. The Kier molecular flexibility index (Phi) is 5.91. The van der Waals surface area contributed by atoms with Crippen molar-refractivity contribution in [3.05, 3.63) is 84.5 Å². The van der Waals surface area contributed by atoms with E-state index in [9.17, 15) is 0 Å². The fourth-order valence-electron chi connectivity index (χ4n) is 3.69. The summed E-state index contributed by atoms with van der Waals surface area (Å²) in [6.07, 6.45) is 5.03. The van der Waals surface area contributed by atoms with Gasteiger partial charge in [0, 0.05) is 25.8 Å². The van der Waals surface area contributed by atoms with Gasteiger partial charge < -0.3 is 10.6 Å². The molecule has 1 atom stereocenters. The fraction of sp³-hybridized carbons (Fsp3) is 0.190. The molecular formula is C21H16Cl4N2S. The van der Waals surface area contributed by atoms with E-state index >= 15 is 0 Å². The van der Waals surface area contributed by atoms with E-state index in [-0.39, 0.29) is 6.04 Å². The SMILES string of the molecule is S=C1NC2=C(CCCC2=Cc2ccc(Cl)cc2Cl)C(c2ccc(Cl)cc2Cl)N1. The van der Waals surface area contributed by atoms with Crippen LogP contribution in [0.15, 0.2) is 53.2 Å². The zero-order valence-electron chi connectivity index (χ0n) is 14.7. The molecule has 0 bridgehead atoms. The zero-order valence-corrected chi connectivity index (χ0v) is 18.5. The summed E-state index contributed by atoms with van der Waals surface area (Å²) in [5, 5.41) is 9.76. The normalized spacial score (nSPS) is 20.6. The van der Waals surface area contributed by atoms with E-state index in [0.29, 0.717) is 25.2 Å². The van der Waals surface area contributed by atoms with Crippen LogP contribution in [0.5, 0.6) is 0 Å². The van der Waals surface area contributed by atoms with Crippen LogP contribution in [0, 0.1) is 0 Å². The van der Waals surface area contributed by atoms with Crippen molar-refractivity contribution >= 4 is 69.8 Å². The number of hydrogen-bond donors (Lipinski definition) is 2. The highest BCUT2D eigenvalue weighted by atomic mass is 35.5. The second kappa shape index (κ2) is 8.25. The summed E-state index contributed by atoms with van der Waals surface area (Å²) in [7, 11) is 0. The maximum absolute atomic E-state index is 6.49. The molecule has 1 unspecified atom stereocenters. The lowest BCUT2D eigenvalue weighted by Gasteiger charge is -2.36. The summed E-state index contributed by atoms with van der Waals surface area (Å²) in [5.74, 6) is 0. The summed E-state index contributed by atoms with van der Waals surface area (Å²) in [5.41, 5.74) is 5.36. The Labute approximate surface area is 189 Å². The number of nitrogens with one attached hydrogen (secondary N) is 2. The van der Waals surface area contributed by atoms with Gasteiger partial charge in [-0.1, -0.05) is 58.5 Å². The molecule has 0 aromatic heterocycles. The lowest BCUT2D eigenvalue weighted by Crippen LogP contribution is -2.45. The van der Waals surface area contributed by atoms with Gasteiger partial charge >= 0.3 is 0 Å². The van der Waals surface area contributed by atoms with Crippen molar-refractivity contribution in [2.75, 3.05) is 0 Å². The van der Waals surface area contributed by atoms with Gasteiger partial charge in [-0.05, 0) is 84.1 Å². The van der Waals surface area contributed by atoms with E-state index in [4.69, 9.17) is 58.6 Å². The van der Waals surface area contributed by atoms with Crippen LogP contribution in [0.4, 0.5) is 0 Å². The van der Waals surface area contributed by atoms with Gasteiger partial charge in [0.15, 0.2) is 5.11 Å². The maximum atomic E-state index is 6.49. The molecule has 144 valence electrons. The summed E-state index contributed by atoms with van der Waals surface area (Å²) in [4.78, 5) is 0. The molecule has 1 aliphatic carbocycles. The monoisotopic (exact) mass is 468 g/mol. The number of thiocarbonyl (C=S) groups is 1. The Hall–Kier alpha value is -1.23. The molecule has 7 heteroatoms. The molecular weight excluding hydrogens is 454 g/mol. The maximum Gasteiger partial charge on any atom is 0.171 e. The Bertz CT molecular complexity index is 1030. The summed E-state index contributed by atoms with van der Waals surface area (Å²) < 4.78 is 0. The molecule has 2 aromatic carbocycles. The molecule has 1 heterocycles. The van der Waals surface area contributed by atoms with Crippen molar-refractivity contribution in [1.29, 1.82) is 0 Å². The van der Waals surface area contributed by atoms with Gasteiger partial charge in [-0.3, -0.25) is 0 Å². The third kappa shape index (κ3) is 4.05. The molecule has 0 radical (unpaired) electrons. The van der Waals surface area contributed by atoms with Crippen molar-refractivity contribution in [2.45, 2.75) is 25.3 Å². The van der Waals surface area contributed by atoms with Gasteiger partial charge in [-0.25, -0.2) is 0 Å². The zero-order chi connectivity index (χ0) is 19.8. The first-order valence-corrected chi connectivity index (χ1v) is 10.8. The average molecular weight is 470 g/mol. The average Bonchev–Trinajstić information content (AvgIpc) is 2.64. The summed E-state index contributed by atoms with van der Waals surface area (Å²) >= 11 is 30.5. The van der Waals surface area contributed by atoms with E-state index in [1.54, 1.807) is 12.1 Å². The Morgan fingerprint density at radius 3 is 2.36 bits per heavy atom. The third-order valence-electron chi connectivity index (χ3n) is 4.96. The van der Waals surface area contributed by atoms with Crippen molar-refractivity contribution in [2.24, 2.45) is 0 Å². The van der Waals surface area contributed by atoms with Crippen LogP contribution in [0.3, 0.4) is 0 Å². The Morgan fingerprint density at radius 1 is 0.929 bits per heavy atom. The minimum atomic E-state index is -0.0853. The van der Waals surface area contributed by atoms with E-state index in [1.807, 2.05) is 24.3 Å². The molecule has 2 aliphatic rings. The van der Waals surface area contributed by atoms with E-state index in [2.05, 4.69) is 16.7 Å². The quantitative estimate of drug-likeness (QED) is 0.449. The predicted octanol–water partition coefficient (Wildman–Crippen LogP) is 7.34. The molecule has 28 heavy (non-hydrogen) atoms. The molecule has 2 aromatic rings. The van der Waals surface area contributed by atoms with Gasteiger partial charge in [0.05, 0.1) is 6.04 Å². The van der Waals surface area contributed by atoms with Crippen LogP contribution >= 0.6 is 58.6 Å². The largest absolute Gasteiger partial charge is 0.352 e. The number of benzene rings is 2. The molecule has 2 nitrogen and oxygen atoms in total. The van der Waals surface area contributed by atoms with Crippen molar-refractivity contribution in [3.63, 3.8) is 0 Å². The fourth-order valence-corrected chi connectivity index (χ4v) is 4.89. The summed E-state index contributed by atoms with van der Waals surface area (Å²) in [6, 6.07) is 11.0. The lowest BCUT2D eigenvalue weighted by atomic mass is 9.83. The molecule has 0 saturated heterocycles. The minimum Gasteiger partial charge on any atom is -0.352 e. The van der Waals surface area contributed by atoms with Gasteiger partial charge in [0.2, 0.25) is 0 Å². The molecule has 0 spiro atoms. The second-order valence-corrected chi connectivity index (χ2v) is 8.88. The first kappa shape index (κ1) is 20.1. The molecule has 0 saturated carbocycles. The molecule has 0 fully saturated rings. The van der Waals surface area contributed by atoms with Crippen LogP contribution in [0.25, 0.3) is 6.08 Å². The number of rotatable bonds is 2. The second-order valence-electron chi connectivity index (χ2n) is 6.79. The highest BCUT2D eigenvalue weighted by Gasteiger charge is 2.31. The van der Waals surface area contributed by atoms with Crippen LogP contribution < -0.4 is 10.6 Å².